The predicted molar refractivity (Wildman–Crippen MR) is 86.5 cm³/mol. The summed E-state index contributed by atoms with van der Waals surface area (Å²) in [5, 5.41) is 3.15. The van der Waals surface area contributed by atoms with E-state index < -0.39 is 0 Å². The second-order valence-corrected chi connectivity index (χ2v) is 6.29. The van der Waals surface area contributed by atoms with Crippen LogP contribution in [-0.2, 0) is 10.2 Å². The van der Waals surface area contributed by atoms with Gasteiger partial charge in [0.15, 0.2) is 0 Å². The van der Waals surface area contributed by atoms with Crippen LogP contribution in [-0.4, -0.2) is 25.1 Å². The Kier molecular flexibility index (Phi) is 6.69. The smallest absolute Gasteiger partial charge is 0.234 e. The summed E-state index contributed by atoms with van der Waals surface area (Å²) >= 11 is 0. The number of hydrogen-bond acceptors (Lipinski definition) is 3. The van der Waals surface area contributed by atoms with Crippen molar-refractivity contribution in [2.45, 2.75) is 52.0 Å². The molecular weight excluding hydrogens is 264 g/mol. The monoisotopic (exact) mass is 292 g/mol. The van der Waals surface area contributed by atoms with Gasteiger partial charge in [-0.15, -0.1) is 0 Å². The van der Waals surface area contributed by atoms with Crippen LogP contribution in [0.3, 0.4) is 0 Å². The normalized spacial score (nSPS) is 13.0. The number of rotatable bonds is 8. The van der Waals surface area contributed by atoms with Crippen molar-refractivity contribution in [3.8, 4) is 5.75 Å². The van der Waals surface area contributed by atoms with Crippen LogP contribution in [0.4, 0.5) is 0 Å². The molecule has 0 fully saturated rings. The molecule has 4 heteroatoms. The highest BCUT2D eigenvalue weighted by Crippen LogP contribution is 2.30. The molecule has 0 aromatic heterocycles. The van der Waals surface area contributed by atoms with Crippen molar-refractivity contribution in [1.82, 2.24) is 5.32 Å². The quantitative estimate of drug-likeness (QED) is 0.774. The molecule has 4 nitrogen and oxygen atoms in total. The molecule has 1 atom stereocenters. The van der Waals surface area contributed by atoms with E-state index >= 15 is 0 Å². The first-order valence-corrected chi connectivity index (χ1v) is 7.61. The van der Waals surface area contributed by atoms with E-state index in [1.807, 2.05) is 18.2 Å². The van der Waals surface area contributed by atoms with E-state index in [9.17, 15) is 4.79 Å². The standard InChI is InChI=1S/C17H28N2O2/c1-5-11-19-14(16(18)20)10-12-21-15-9-7-6-8-13(15)17(2,3)4/h6-9,14,19H,5,10-12H2,1-4H3,(H2,18,20). The molecule has 21 heavy (non-hydrogen) atoms. The fourth-order valence-electron chi connectivity index (χ4n) is 2.16. The molecule has 0 aliphatic carbocycles. The fourth-order valence-corrected chi connectivity index (χ4v) is 2.16. The molecule has 1 aromatic rings. The SMILES string of the molecule is CCCNC(CCOc1ccccc1C(C)(C)C)C(N)=O. The van der Waals surface area contributed by atoms with Crippen LogP contribution in [0.15, 0.2) is 24.3 Å². The lowest BCUT2D eigenvalue weighted by Gasteiger charge is -2.23. The molecule has 118 valence electrons. The van der Waals surface area contributed by atoms with Crippen molar-refractivity contribution in [1.29, 1.82) is 0 Å². The van der Waals surface area contributed by atoms with Crippen molar-refractivity contribution in [2.24, 2.45) is 5.73 Å². The van der Waals surface area contributed by atoms with Gasteiger partial charge in [-0.1, -0.05) is 45.9 Å². The third kappa shape index (κ3) is 5.76. The van der Waals surface area contributed by atoms with Gasteiger partial charge >= 0.3 is 0 Å². The second-order valence-electron chi connectivity index (χ2n) is 6.29. The summed E-state index contributed by atoms with van der Waals surface area (Å²) in [6, 6.07) is 7.70. The largest absolute Gasteiger partial charge is 0.493 e. The molecule has 1 unspecified atom stereocenters. The first kappa shape index (κ1) is 17.5. The molecule has 0 saturated heterocycles. The van der Waals surface area contributed by atoms with Crippen molar-refractivity contribution in [2.75, 3.05) is 13.2 Å². The summed E-state index contributed by atoms with van der Waals surface area (Å²) < 4.78 is 5.88. The Morgan fingerprint density at radius 2 is 2.00 bits per heavy atom. The molecule has 1 amide bonds. The zero-order chi connectivity index (χ0) is 15.9. The third-order valence-electron chi connectivity index (χ3n) is 3.34. The van der Waals surface area contributed by atoms with Gasteiger partial charge in [-0.25, -0.2) is 0 Å². The maximum atomic E-state index is 11.4. The van der Waals surface area contributed by atoms with Gasteiger partial charge in [-0.3, -0.25) is 4.79 Å². The van der Waals surface area contributed by atoms with Crippen LogP contribution >= 0.6 is 0 Å². The molecule has 1 aromatic carbocycles. The molecular formula is C17H28N2O2. The van der Waals surface area contributed by atoms with Crippen LogP contribution in [0.1, 0.15) is 46.1 Å². The Bertz CT molecular complexity index is 452. The van der Waals surface area contributed by atoms with Gasteiger partial charge in [0.25, 0.3) is 0 Å². The zero-order valence-electron chi connectivity index (χ0n) is 13.6. The van der Waals surface area contributed by atoms with Crippen molar-refractivity contribution < 1.29 is 9.53 Å². The minimum atomic E-state index is -0.327. The molecule has 0 radical (unpaired) electrons. The second kappa shape index (κ2) is 8.03. The lowest BCUT2D eigenvalue weighted by atomic mass is 9.86. The minimum Gasteiger partial charge on any atom is -0.493 e. The van der Waals surface area contributed by atoms with E-state index in [-0.39, 0.29) is 17.4 Å². The number of para-hydroxylation sites is 1. The van der Waals surface area contributed by atoms with E-state index in [2.05, 4.69) is 39.1 Å². The summed E-state index contributed by atoms with van der Waals surface area (Å²) in [6.07, 6.45) is 1.55. The molecule has 0 saturated carbocycles. The van der Waals surface area contributed by atoms with Gasteiger partial charge in [0.1, 0.15) is 5.75 Å². The predicted octanol–water partition coefficient (Wildman–Crippen LogP) is 2.61. The van der Waals surface area contributed by atoms with E-state index in [0.717, 1.165) is 18.7 Å². The van der Waals surface area contributed by atoms with Crippen LogP contribution in [0.25, 0.3) is 0 Å². The summed E-state index contributed by atoms with van der Waals surface area (Å²) in [6.45, 7) is 9.78. The fraction of sp³-hybridized carbons (Fsp3) is 0.588. The first-order valence-electron chi connectivity index (χ1n) is 7.61. The molecule has 0 bridgehead atoms. The average Bonchev–Trinajstić information content (AvgIpc) is 2.41. The Morgan fingerprint density at radius 3 is 2.57 bits per heavy atom. The van der Waals surface area contributed by atoms with E-state index in [0.29, 0.717) is 13.0 Å². The summed E-state index contributed by atoms with van der Waals surface area (Å²) in [5.74, 6) is 0.555. The first-order chi connectivity index (χ1) is 9.86. The zero-order valence-corrected chi connectivity index (χ0v) is 13.6. The molecule has 0 aliphatic heterocycles. The van der Waals surface area contributed by atoms with E-state index in [1.165, 1.54) is 5.56 Å². The molecule has 1 rings (SSSR count). The number of primary amides is 1. The summed E-state index contributed by atoms with van der Waals surface area (Å²) in [7, 11) is 0. The maximum Gasteiger partial charge on any atom is 0.234 e. The number of nitrogens with two attached hydrogens (primary N) is 1. The Morgan fingerprint density at radius 1 is 1.33 bits per heavy atom. The van der Waals surface area contributed by atoms with E-state index in [1.54, 1.807) is 0 Å². The van der Waals surface area contributed by atoms with Gasteiger partial charge in [-0.2, -0.15) is 0 Å². The highest BCUT2D eigenvalue weighted by atomic mass is 16.5. The molecule has 0 heterocycles. The van der Waals surface area contributed by atoms with Crippen LogP contribution in [0, 0.1) is 0 Å². The topological polar surface area (TPSA) is 64.3 Å². The number of carbonyl (C=O) groups excluding carboxylic acids is 1. The number of ether oxygens (including phenoxy) is 1. The Hall–Kier alpha value is -1.55. The summed E-state index contributed by atoms with van der Waals surface area (Å²) in [5.41, 5.74) is 6.60. The van der Waals surface area contributed by atoms with Gasteiger partial charge in [-0.05, 0) is 30.0 Å². The highest BCUT2D eigenvalue weighted by molar-refractivity contribution is 5.79. The summed E-state index contributed by atoms with van der Waals surface area (Å²) in [4.78, 5) is 11.4. The van der Waals surface area contributed by atoms with Gasteiger partial charge in [0.05, 0.1) is 12.6 Å². The van der Waals surface area contributed by atoms with Crippen LogP contribution < -0.4 is 15.8 Å². The number of hydrogen-bond donors (Lipinski definition) is 2. The van der Waals surface area contributed by atoms with E-state index in [4.69, 9.17) is 10.5 Å². The van der Waals surface area contributed by atoms with Crippen molar-refractivity contribution in [3.63, 3.8) is 0 Å². The molecule has 3 N–H and O–H groups in total. The van der Waals surface area contributed by atoms with Crippen molar-refractivity contribution in [3.05, 3.63) is 29.8 Å². The lowest BCUT2D eigenvalue weighted by Crippen LogP contribution is -2.42. The van der Waals surface area contributed by atoms with Gasteiger partial charge in [0.2, 0.25) is 5.91 Å². The number of carbonyl (C=O) groups is 1. The molecule has 0 spiro atoms. The Balaban J connectivity index is 2.61. The third-order valence-corrected chi connectivity index (χ3v) is 3.34. The van der Waals surface area contributed by atoms with Crippen LogP contribution in [0.2, 0.25) is 0 Å². The van der Waals surface area contributed by atoms with Crippen molar-refractivity contribution >= 4 is 5.91 Å². The minimum absolute atomic E-state index is 0.0279. The number of benzene rings is 1. The van der Waals surface area contributed by atoms with Gasteiger partial charge in [0, 0.05) is 6.42 Å². The van der Waals surface area contributed by atoms with Crippen LogP contribution in [0.5, 0.6) is 5.75 Å². The maximum absolute atomic E-state index is 11.4. The average molecular weight is 292 g/mol. The highest BCUT2D eigenvalue weighted by Gasteiger charge is 2.19. The number of amides is 1. The van der Waals surface area contributed by atoms with Gasteiger partial charge < -0.3 is 15.8 Å². The molecule has 0 aliphatic rings. The lowest BCUT2D eigenvalue weighted by molar-refractivity contribution is -0.120. The number of nitrogens with one attached hydrogen (secondary N) is 1. The Labute approximate surface area is 128 Å².